The molecule has 1 aromatic rings. The molecule has 3 rings (SSSR count). The van der Waals surface area contributed by atoms with Crippen LogP contribution in [0.15, 0.2) is 18.2 Å². The molecule has 0 saturated carbocycles. The minimum Gasteiger partial charge on any atom is -0.487 e. The van der Waals surface area contributed by atoms with Crippen molar-refractivity contribution in [3.05, 3.63) is 29.8 Å². The number of piperidine rings is 1. The molecule has 1 amide bonds. The molecule has 0 aromatic heterocycles. The summed E-state index contributed by atoms with van der Waals surface area (Å²) in [7, 11) is 0. The van der Waals surface area contributed by atoms with E-state index in [-0.39, 0.29) is 36.2 Å². The fourth-order valence-electron chi connectivity index (χ4n) is 3.07. The summed E-state index contributed by atoms with van der Waals surface area (Å²) in [5.41, 5.74) is 0. The zero-order valence-corrected chi connectivity index (χ0v) is 13.9. The van der Waals surface area contributed by atoms with Crippen molar-refractivity contribution in [2.45, 2.75) is 37.5 Å². The smallest absolute Gasteiger partial charge is 0.239 e. The zero-order chi connectivity index (χ0) is 16.4. The van der Waals surface area contributed by atoms with Gasteiger partial charge in [0.1, 0.15) is 11.9 Å². The van der Waals surface area contributed by atoms with Gasteiger partial charge in [0.25, 0.3) is 0 Å². The molecule has 5 nitrogen and oxygen atoms in total. The summed E-state index contributed by atoms with van der Waals surface area (Å²) in [6.07, 6.45) is 0.971. The predicted molar refractivity (Wildman–Crippen MR) is 86.3 cm³/mol. The van der Waals surface area contributed by atoms with Crippen molar-refractivity contribution in [2.24, 2.45) is 0 Å². The van der Waals surface area contributed by atoms with E-state index in [0.29, 0.717) is 38.9 Å². The first kappa shape index (κ1) is 18.9. The number of amides is 1. The topological polar surface area (TPSA) is 61.8 Å². The lowest BCUT2D eigenvalue weighted by atomic mass is 10.1. The van der Waals surface area contributed by atoms with E-state index in [0.717, 1.165) is 12.1 Å². The maximum atomic E-state index is 13.6. The summed E-state index contributed by atoms with van der Waals surface area (Å²) in [4.78, 5) is 14.1. The Labute approximate surface area is 145 Å². The number of β-amino-alcohol motifs (C(OH)–C–C–N with tert-alkyl or cyclic N) is 1. The molecule has 2 aliphatic rings. The highest BCUT2D eigenvalue weighted by molar-refractivity contribution is 5.85. The third kappa shape index (κ3) is 4.34. The summed E-state index contributed by atoms with van der Waals surface area (Å²) in [6.45, 7) is 1.50. The van der Waals surface area contributed by atoms with Gasteiger partial charge in [-0.3, -0.25) is 4.79 Å². The van der Waals surface area contributed by atoms with Crippen LogP contribution in [0.2, 0.25) is 0 Å². The largest absolute Gasteiger partial charge is 0.487 e. The number of carbonyl (C=O) groups excluding carboxylic acids is 1. The second kappa shape index (κ2) is 8.09. The molecule has 8 heteroatoms. The van der Waals surface area contributed by atoms with Crippen LogP contribution in [0.5, 0.6) is 5.75 Å². The summed E-state index contributed by atoms with van der Waals surface area (Å²) in [5, 5.41) is 12.5. The fourth-order valence-corrected chi connectivity index (χ4v) is 3.07. The van der Waals surface area contributed by atoms with Crippen LogP contribution in [-0.2, 0) is 4.79 Å². The second-order valence-corrected chi connectivity index (χ2v) is 6.07. The first-order valence-electron chi connectivity index (χ1n) is 7.85. The highest BCUT2D eigenvalue weighted by Crippen LogP contribution is 2.23. The third-order valence-electron chi connectivity index (χ3n) is 4.35. The van der Waals surface area contributed by atoms with E-state index in [2.05, 4.69) is 5.32 Å². The quantitative estimate of drug-likeness (QED) is 0.855. The lowest BCUT2D eigenvalue weighted by Crippen LogP contribution is -2.48. The number of nitrogens with one attached hydrogen (secondary N) is 1. The Hall–Kier alpha value is -1.44. The summed E-state index contributed by atoms with van der Waals surface area (Å²) < 4.78 is 32.0. The van der Waals surface area contributed by atoms with Crippen LogP contribution in [0.25, 0.3) is 0 Å². The monoisotopic (exact) mass is 362 g/mol. The molecule has 2 fully saturated rings. The average Bonchev–Trinajstić information content (AvgIpc) is 2.97. The minimum atomic E-state index is -0.715. The van der Waals surface area contributed by atoms with Crippen LogP contribution in [0.4, 0.5) is 8.78 Å². The number of rotatable bonds is 3. The highest BCUT2D eigenvalue weighted by atomic mass is 35.5. The van der Waals surface area contributed by atoms with Crippen molar-refractivity contribution < 1.29 is 23.4 Å². The molecule has 2 N–H and O–H groups in total. The molecule has 134 valence electrons. The van der Waals surface area contributed by atoms with E-state index in [1.165, 1.54) is 6.07 Å². The SMILES string of the molecule is Cl.O=C([C@H]1C[C@H](O)CN1)N1CCC(Oc2ccc(F)cc2F)CC1. The predicted octanol–water partition coefficient (Wildman–Crippen LogP) is 1.48. The Morgan fingerprint density at radius 3 is 2.58 bits per heavy atom. The molecule has 2 saturated heterocycles. The first-order valence-corrected chi connectivity index (χ1v) is 7.85. The fraction of sp³-hybridized carbons (Fsp3) is 0.562. The third-order valence-corrected chi connectivity index (χ3v) is 4.35. The van der Waals surface area contributed by atoms with Gasteiger partial charge in [0, 0.05) is 38.5 Å². The molecular formula is C16H21ClF2N2O3. The Morgan fingerprint density at radius 1 is 1.29 bits per heavy atom. The molecule has 2 atom stereocenters. The standard InChI is InChI=1S/C16H20F2N2O3.ClH/c17-10-1-2-15(13(18)7-10)23-12-3-5-20(6-4-12)16(22)14-8-11(21)9-19-14;/h1-2,7,11-12,14,19,21H,3-6,8-9H2;1H/t11-,14+;/m0./s1. The van der Waals surface area contributed by atoms with Crippen molar-refractivity contribution in [3.8, 4) is 5.75 Å². The van der Waals surface area contributed by atoms with Gasteiger partial charge in [-0.25, -0.2) is 8.78 Å². The van der Waals surface area contributed by atoms with Crippen LogP contribution in [-0.4, -0.2) is 53.8 Å². The van der Waals surface area contributed by atoms with E-state index < -0.39 is 17.7 Å². The normalized spacial score (nSPS) is 24.5. The van der Waals surface area contributed by atoms with Gasteiger partial charge in [-0.05, 0) is 18.6 Å². The molecule has 0 aliphatic carbocycles. The maximum absolute atomic E-state index is 13.6. The number of likely N-dealkylation sites (tertiary alicyclic amines) is 1. The number of ether oxygens (including phenoxy) is 1. The van der Waals surface area contributed by atoms with Gasteiger partial charge in [0.15, 0.2) is 11.6 Å². The minimum absolute atomic E-state index is 0. The van der Waals surface area contributed by atoms with Gasteiger partial charge < -0.3 is 20.1 Å². The zero-order valence-electron chi connectivity index (χ0n) is 13.1. The number of halogens is 3. The van der Waals surface area contributed by atoms with E-state index >= 15 is 0 Å². The van der Waals surface area contributed by atoms with Crippen LogP contribution in [0, 0.1) is 11.6 Å². The number of hydrogen-bond acceptors (Lipinski definition) is 4. The van der Waals surface area contributed by atoms with Gasteiger partial charge in [-0.15, -0.1) is 12.4 Å². The summed E-state index contributed by atoms with van der Waals surface area (Å²) in [5.74, 6) is -1.32. The van der Waals surface area contributed by atoms with Gasteiger partial charge in [-0.1, -0.05) is 0 Å². The lowest BCUT2D eigenvalue weighted by Gasteiger charge is -2.33. The molecule has 24 heavy (non-hydrogen) atoms. The molecule has 0 unspecified atom stereocenters. The van der Waals surface area contributed by atoms with Crippen LogP contribution < -0.4 is 10.1 Å². The van der Waals surface area contributed by atoms with Gasteiger partial charge in [0.05, 0.1) is 12.1 Å². The van der Waals surface area contributed by atoms with E-state index in [4.69, 9.17) is 4.74 Å². The number of aliphatic hydroxyl groups is 1. The van der Waals surface area contributed by atoms with Crippen molar-refractivity contribution in [1.82, 2.24) is 10.2 Å². The molecule has 0 spiro atoms. The summed E-state index contributed by atoms with van der Waals surface area (Å²) >= 11 is 0. The lowest BCUT2D eigenvalue weighted by molar-refractivity contribution is -0.135. The average molecular weight is 363 g/mol. The van der Waals surface area contributed by atoms with Gasteiger partial charge >= 0.3 is 0 Å². The number of aliphatic hydroxyl groups excluding tert-OH is 1. The van der Waals surface area contributed by atoms with Crippen molar-refractivity contribution in [3.63, 3.8) is 0 Å². The number of hydrogen-bond donors (Lipinski definition) is 2. The number of benzene rings is 1. The maximum Gasteiger partial charge on any atom is 0.239 e. The summed E-state index contributed by atoms with van der Waals surface area (Å²) in [6, 6.07) is 2.92. The molecule has 2 heterocycles. The Kier molecular flexibility index (Phi) is 6.37. The first-order chi connectivity index (χ1) is 11.0. The molecule has 2 aliphatic heterocycles. The van der Waals surface area contributed by atoms with Crippen molar-refractivity contribution in [2.75, 3.05) is 19.6 Å². The molecule has 1 aromatic carbocycles. The number of nitrogens with zero attached hydrogens (tertiary/aromatic N) is 1. The Bertz CT molecular complexity index is 582. The van der Waals surface area contributed by atoms with E-state index in [9.17, 15) is 18.7 Å². The van der Waals surface area contributed by atoms with E-state index in [1.807, 2.05) is 0 Å². The Balaban J connectivity index is 0.00000208. The molecular weight excluding hydrogens is 342 g/mol. The van der Waals surface area contributed by atoms with Gasteiger partial charge in [-0.2, -0.15) is 0 Å². The highest BCUT2D eigenvalue weighted by Gasteiger charge is 2.33. The molecule has 0 bridgehead atoms. The van der Waals surface area contributed by atoms with Crippen LogP contribution >= 0.6 is 12.4 Å². The number of carbonyl (C=O) groups is 1. The van der Waals surface area contributed by atoms with Crippen LogP contribution in [0.3, 0.4) is 0 Å². The van der Waals surface area contributed by atoms with Crippen molar-refractivity contribution in [1.29, 1.82) is 0 Å². The van der Waals surface area contributed by atoms with E-state index in [1.54, 1.807) is 4.90 Å². The van der Waals surface area contributed by atoms with Crippen LogP contribution in [0.1, 0.15) is 19.3 Å². The van der Waals surface area contributed by atoms with Gasteiger partial charge in [0.2, 0.25) is 5.91 Å². The van der Waals surface area contributed by atoms with Crippen molar-refractivity contribution >= 4 is 18.3 Å². The second-order valence-electron chi connectivity index (χ2n) is 6.07. The Morgan fingerprint density at radius 2 is 2.00 bits per heavy atom. The molecule has 0 radical (unpaired) electrons.